The molecule has 0 aromatic heterocycles. The maximum atomic E-state index is 12.4. The van der Waals surface area contributed by atoms with Gasteiger partial charge in [-0.15, -0.1) is 0 Å². The van der Waals surface area contributed by atoms with Gasteiger partial charge in [-0.2, -0.15) is 0 Å². The Morgan fingerprint density at radius 2 is 2.20 bits per heavy atom. The van der Waals surface area contributed by atoms with Crippen molar-refractivity contribution in [3.8, 4) is 5.75 Å². The van der Waals surface area contributed by atoms with Gasteiger partial charge in [0.25, 0.3) is 0 Å². The molecular weight excluding hydrogens is 131 g/mol. The van der Waals surface area contributed by atoms with Crippen molar-refractivity contribution < 1.29 is 9.13 Å². The lowest BCUT2D eigenvalue weighted by Crippen LogP contribution is -1.87. The molecule has 0 amide bonds. The Bertz CT molecular complexity index is 233. The Kier molecular flexibility index (Phi) is 1.90. The van der Waals surface area contributed by atoms with Crippen LogP contribution >= 0.6 is 0 Å². The predicted molar refractivity (Wildman–Crippen MR) is 36.4 cm³/mol. The third kappa shape index (κ3) is 1.26. The fourth-order valence-corrected chi connectivity index (χ4v) is 0.685. The number of ether oxygens (including phenoxy) is 1. The van der Waals surface area contributed by atoms with E-state index in [1.807, 2.05) is 0 Å². The molecule has 1 aromatic carbocycles. The number of benzene rings is 1. The molecule has 0 N–H and O–H groups in total. The topological polar surface area (TPSA) is 9.23 Å². The Labute approximate surface area is 59.4 Å². The van der Waals surface area contributed by atoms with E-state index in [9.17, 15) is 4.39 Å². The number of hydrogen-bond acceptors (Lipinski definition) is 1. The minimum atomic E-state index is -0.342. The van der Waals surface area contributed by atoms with Gasteiger partial charge < -0.3 is 4.74 Å². The Balaban J connectivity index is 3.09. The number of methoxy groups -OCH3 is 1. The Hall–Kier alpha value is -1.05. The van der Waals surface area contributed by atoms with E-state index >= 15 is 0 Å². The molecule has 2 heteroatoms. The highest BCUT2D eigenvalue weighted by Crippen LogP contribution is 2.17. The normalized spacial score (nSPS) is 9.50. The molecule has 0 fully saturated rings. The van der Waals surface area contributed by atoms with Gasteiger partial charge in [-0.3, -0.25) is 0 Å². The zero-order chi connectivity index (χ0) is 7.56. The summed E-state index contributed by atoms with van der Waals surface area (Å²) < 4.78 is 17.2. The predicted octanol–water partition coefficient (Wildman–Crippen LogP) is 1.89. The Morgan fingerprint density at radius 3 is 2.70 bits per heavy atom. The molecule has 1 nitrogen and oxygen atoms in total. The molecule has 0 aliphatic heterocycles. The largest absolute Gasteiger partial charge is 0.496 e. The molecule has 0 bridgehead atoms. The van der Waals surface area contributed by atoms with Crippen molar-refractivity contribution in [2.45, 2.75) is 0 Å². The van der Waals surface area contributed by atoms with Crippen LogP contribution < -0.4 is 4.74 Å². The zero-order valence-electron chi connectivity index (χ0n) is 5.60. The third-order valence-corrected chi connectivity index (χ3v) is 1.20. The van der Waals surface area contributed by atoms with Gasteiger partial charge in [-0.25, -0.2) is 4.39 Å². The second-order valence-corrected chi connectivity index (χ2v) is 1.89. The van der Waals surface area contributed by atoms with Crippen LogP contribution in [0.1, 0.15) is 5.56 Å². The Morgan fingerprint density at radius 1 is 1.50 bits per heavy atom. The van der Waals surface area contributed by atoms with Gasteiger partial charge in [0.05, 0.1) is 7.11 Å². The lowest BCUT2D eigenvalue weighted by Gasteiger charge is -2.01. The van der Waals surface area contributed by atoms with Crippen molar-refractivity contribution in [1.29, 1.82) is 0 Å². The highest BCUT2D eigenvalue weighted by atomic mass is 19.1. The van der Waals surface area contributed by atoms with Crippen LogP contribution in [-0.4, -0.2) is 7.11 Å². The molecule has 0 spiro atoms. The molecule has 10 heavy (non-hydrogen) atoms. The van der Waals surface area contributed by atoms with Gasteiger partial charge in [0.2, 0.25) is 0 Å². The standard InChI is InChI=1S/C8H7FO/c1-6-3-4-7(9)5-8(6)10-2/h1,3-5H,2H3. The maximum absolute atomic E-state index is 12.4. The first-order valence-corrected chi connectivity index (χ1v) is 2.83. The van der Waals surface area contributed by atoms with Crippen molar-refractivity contribution in [2.75, 3.05) is 7.11 Å². The summed E-state index contributed by atoms with van der Waals surface area (Å²) in [6.45, 7) is 5.41. The van der Waals surface area contributed by atoms with Gasteiger partial charge in [0.15, 0.2) is 0 Å². The van der Waals surface area contributed by atoms with Gasteiger partial charge in [-0.05, 0) is 11.6 Å². The fraction of sp³-hybridized carbons (Fsp3) is 0.125. The van der Waals surface area contributed by atoms with Gasteiger partial charge in [0.1, 0.15) is 11.6 Å². The first kappa shape index (κ1) is 7.06. The van der Waals surface area contributed by atoms with E-state index in [1.165, 1.54) is 25.3 Å². The molecule has 0 saturated heterocycles. The smallest absolute Gasteiger partial charge is 0.126 e. The highest BCUT2D eigenvalue weighted by Gasteiger charge is 1.97. The van der Waals surface area contributed by atoms with Crippen molar-refractivity contribution in [2.24, 2.45) is 0 Å². The van der Waals surface area contributed by atoms with Crippen molar-refractivity contribution in [3.63, 3.8) is 0 Å². The van der Waals surface area contributed by atoms with E-state index in [-0.39, 0.29) is 5.82 Å². The molecule has 0 atom stereocenters. The van der Waals surface area contributed by atoms with Gasteiger partial charge >= 0.3 is 0 Å². The summed E-state index contributed by atoms with van der Waals surface area (Å²) in [6.07, 6.45) is 0. The minimum Gasteiger partial charge on any atom is -0.496 e. The molecule has 0 saturated carbocycles. The van der Waals surface area contributed by atoms with Crippen LogP contribution in [0.15, 0.2) is 18.2 Å². The summed E-state index contributed by atoms with van der Waals surface area (Å²) in [7, 11) is 1.45. The van der Waals surface area contributed by atoms with E-state index in [4.69, 9.17) is 11.7 Å². The summed E-state index contributed by atoms with van der Waals surface area (Å²) in [5.74, 6) is 0.0334. The van der Waals surface area contributed by atoms with Crippen molar-refractivity contribution in [3.05, 3.63) is 36.5 Å². The molecule has 52 valence electrons. The molecular formula is C8H7FO. The zero-order valence-corrected chi connectivity index (χ0v) is 5.60. The van der Waals surface area contributed by atoms with Gasteiger partial charge in [-0.1, -0.05) is 6.07 Å². The van der Waals surface area contributed by atoms with Crippen LogP contribution in [0.2, 0.25) is 0 Å². The molecule has 1 aromatic rings. The van der Waals surface area contributed by atoms with Crippen molar-refractivity contribution in [1.82, 2.24) is 0 Å². The van der Waals surface area contributed by atoms with Crippen LogP contribution in [-0.2, 0) is 0 Å². The second kappa shape index (κ2) is 2.69. The van der Waals surface area contributed by atoms with Gasteiger partial charge in [0, 0.05) is 13.0 Å². The van der Waals surface area contributed by atoms with E-state index in [0.717, 1.165) is 0 Å². The summed E-state index contributed by atoms with van der Waals surface area (Å²) in [4.78, 5) is 0. The lowest BCUT2D eigenvalue weighted by molar-refractivity contribution is 0.409. The SMILES string of the molecule is [CH]c1ccc(F)cc1OC. The summed E-state index contributed by atoms with van der Waals surface area (Å²) >= 11 is 0. The first-order valence-electron chi connectivity index (χ1n) is 2.83. The van der Waals surface area contributed by atoms with Crippen molar-refractivity contribution >= 4 is 0 Å². The molecule has 0 unspecified atom stereocenters. The quantitative estimate of drug-likeness (QED) is 0.575. The summed E-state index contributed by atoms with van der Waals surface area (Å²) in [6, 6.07) is 4.00. The molecule has 2 radical (unpaired) electrons. The van der Waals surface area contributed by atoms with E-state index < -0.39 is 0 Å². The van der Waals surface area contributed by atoms with E-state index in [0.29, 0.717) is 11.3 Å². The van der Waals surface area contributed by atoms with Crippen LogP contribution in [0, 0.1) is 12.7 Å². The van der Waals surface area contributed by atoms with E-state index in [2.05, 4.69) is 0 Å². The van der Waals surface area contributed by atoms with Crippen LogP contribution in [0.5, 0.6) is 5.75 Å². The lowest BCUT2D eigenvalue weighted by atomic mass is 10.2. The fourth-order valence-electron chi connectivity index (χ4n) is 0.685. The molecule has 0 aliphatic rings. The number of hydrogen-bond donors (Lipinski definition) is 0. The summed E-state index contributed by atoms with van der Waals surface area (Å²) in [5.41, 5.74) is 0.448. The maximum Gasteiger partial charge on any atom is 0.126 e. The van der Waals surface area contributed by atoms with Crippen LogP contribution in [0.3, 0.4) is 0 Å². The average Bonchev–Trinajstić information content (AvgIpc) is 1.94. The minimum absolute atomic E-state index is 0.342. The van der Waals surface area contributed by atoms with Crippen LogP contribution in [0.25, 0.3) is 0 Å². The van der Waals surface area contributed by atoms with Crippen LogP contribution in [0.4, 0.5) is 4.39 Å². The summed E-state index contributed by atoms with van der Waals surface area (Å²) in [5, 5.41) is 0. The van der Waals surface area contributed by atoms with E-state index in [1.54, 1.807) is 0 Å². The molecule has 0 heterocycles. The molecule has 1 rings (SSSR count). The number of halogens is 1. The molecule has 0 aliphatic carbocycles. The number of rotatable bonds is 1. The average molecular weight is 138 g/mol. The second-order valence-electron chi connectivity index (χ2n) is 1.89. The highest BCUT2D eigenvalue weighted by molar-refractivity contribution is 5.35. The first-order chi connectivity index (χ1) is 4.74. The monoisotopic (exact) mass is 138 g/mol. The third-order valence-electron chi connectivity index (χ3n) is 1.20.